The predicted molar refractivity (Wildman–Crippen MR) is 124 cm³/mol. The van der Waals surface area contributed by atoms with Crippen molar-refractivity contribution in [3.05, 3.63) is 41.6 Å². The summed E-state index contributed by atoms with van der Waals surface area (Å²) in [5, 5.41) is 0. The van der Waals surface area contributed by atoms with Gasteiger partial charge in [0.2, 0.25) is 0 Å². The summed E-state index contributed by atoms with van der Waals surface area (Å²) in [7, 11) is 0. The van der Waals surface area contributed by atoms with Crippen LogP contribution in [0.2, 0.25) is 0 Å². The molecule has 172 valence electrons. The molecule has 0 N–H and O–H groups in total. The number of piperidine rings is 1. The van der Waals surface area contributed by atoms with E-state index in [1.54, 1.807) is 24.3 Å². The van der Waals surface area contributed by atoms with Crippen molar-refractivity contribution in [1.82, 2.24) is 14.7 Å². The van der Waals surface area contributed by atoms with E-state index < -0.39 is 0 Å². The third-order valence-corrected chi connectivity index (χ3v) is 6.68. The fraction of sp³-hybridized carbons (Fsp3) is 0.560. The van der Waals surface area contributed by atoms with Gasteiger partial charge in [-0.25, -0.2) is 4.90 Å². The van der Waals surface area contributed by atoms with E-state index in [1.165, 1.54) is 11.0 Å². The number of rotatable bonds is 5. The Morgan fingerprint density at radius 2 is 1.59 bits per heavy atom. The van der Waals surface area contributed by atoms with Gasteiger partial charge < -0.3 is 9.80 Å². The van der Waals surface area contributed by atoms with Gasteiger partial charge in [-0.05, 0) is 48.9 Å². The molecule has 0 spiro atoms. The Bertz CT molecular complexity index is 892. The number of nitrogens with zero attached hydrogens (tertiary/aromatic N) is 4. The lowest BCUT2D eigenvalue weighted by Gasteiger charge is -2.35. The maximum atomic E-state index is 13.0. The molecule has 2 saturated heterocycles. The molecule has 0 aromatic heterocycles. The van der Waals surface area contributed by atoms with Crippen molar-refractivity contribution in [1.29, 1.82) is 0 Å². The normalized spacial score (nSPS) is 21.0. The summed E-state index contributed by atoms with van der Waals surface area (Å²) in [4.78, 5) is 46.0. The molecule has 3 aliphatic heterocycles. The van der Waals surface area contributed by atoms with Crippen LogP contribution in [0.3, 0.4) is 0 Å². The fourth-order valence-corrected chi connectivity index (χ4v) is 4.76. The van der Waals surface area contributed by atoms with E-state index in [4.69, 9.17) is 0 Å². The van der Waals surface area contributed by atoms with Gasteiger partial charge in [0, 0.05) is 57.5 Å². The molecule has 0 radical (unpaired) electrons. The number of likely N-dealkylation sites (tertiary alicyclic amines) is 1. The monoisotopic (exact) mass is 438 g/mol. The standard InChI is InChI=1S/C25H34N4O3/c1-18(2)17-26-12-14-28(15-13-26)24(31)20-4-6-21(7-5-20)29-23(30)16-22(25(29)32)27-10-8-19(3)9-11-27/h4-7,16,18-19H,8-15,17H2,1-3H3. The third kappa shape index (κ3) is 4.72. The molecular weight excluding hydrogens is 404 g/mol. The molecule has 0 atom stereocenters. The van der Waals surface area contributed by atoms with Gasteiger partial charge in [-0.15, -0.1) is 0 Å². The van der Waals surface area contributed by atoms with E-state index in [2.05, 4.69) is 25.7 Å². The number of hydrogen-bond acceptors (Lipinski definition) is 5. The summed E-state index contributed by atoms with van der Waals surface area (Å²) in [6.45, 7) is 12.5. The second-order valence-electron chi connectivity index (χ2n) is 9.71. The Hall–Kier alpha value is -2.67. The molecule has 0 unspecified atom stereocenters. The van der Waals surface area contributed by atoms with E-state index in [1.807, 2.05) is 9.80 Å². The van der Waals surface area contributed by atoms with Crippen LogP contribution in [-0.4, -0.2) is 78.2 Å². The third-order valence-electron chi connectivity index (χ3n) is 6.68. The molecule has 3 aliphatic rings. The summed E-state index contributed by atoms with van der Waals surface area (Å²) in [6.07, 6.45) is 3.51. The van der Waals surface area contributed by atoms with Crippen LogP contribution < -0.4 is 4.90 Å². The Balaban J connectivity index is 1.38. The molecule has 0 saturated carbocycles. The topological polar surface area (TPSA) is 64.2 Å². The molecule has 0 aliphatic carbocycles. The van der Waals surface area contributed by atoms with Crippen LogP contribution in [-0.2, 0) is 9.59 Å². The van der Waals surface area contributed by atoms with Gasteiger partial charge >= 0.3 is 0 Å². The van der Waals surface area contributed by atoms with Crippen molar-refractivity contribution in [2.45, 2.75) is 33.6 Å². The lowest BCUT2D eigenvalue weighted by atomic mass is 9.99. The van der Waals surface area contributed by atoms with Crippen LogP contribution in [0.4, 0.5) is 5.69 Å². The van der Waals surface area contributed by atoms with Crippen LogP contribution in [0, 0.1) is 11.8 Å². The van der Waals surface area contributed by atoms with E-state index in [-0.39, 0.29) is 17.7 Å². The summed E-state index contributed by atoms with van der Waals surface area (Å²) in [6, 6.07) is 6.85. The van der Waals surface area contributed by atoms with Gasteiger partial charge in [0.1, 0.15) is 5.70 Å². The van der Waals surface area contributed by atoms with Crippen LogP contribution in [0.15, 0.2) is 36.0 Å². The molecule has 7 nitrogen and oxygen atoms in total. The fourth-order valence-electron chi connectivity index (χ4n) is 4.76. The first-order chi connectivity index (χ1) is 15.3. The number of benzene rings is 1. The molecule has 7 heteroatoms. The van der Waals surface area contributed by atoms with Crippen LogP contribution in [0.1, 0.15) is 44.0 Å². The SMILES string of the molecule is CC(C)CN1CCN(C(=O)c2ccc(N3C(=O)C=C(N4CCC(C)CC4)C3=O)cc2)CC1. The minimum atomic E-state index is -0.316. The van der Waals surface area contributed by atoms with Crippen molar-refractivity contribution in [3.63, 3.8) is 0 Å². The maximum absolute atomic E-state index is 13.0. The van der Waals surface area contributed by atoms with Crippen molar-refractivity contribution < 1.29 is 14.4 Å². The zero-order valence-corrected chi connectivity index (χ0v) is 19.4. The molecule has 3 heterocycles. The highest BCUT2D eigenvalue weighted by atomic mass is 16.2. The molecular formula is C25H34N4O3. The number of anilines is 1. The van der Waals surface area contributed by atoms with E-state index in [0.717, 1.165) is 58.7 Å². The first-order valence-corrected chi connectivity index (χ1v) is 11.8. The number of piperazine rings is 1. The van der Waals surface area contributed by atoms with Crippen LogP contribution in [0.5, 0.6) is 0 Å². The van der Waals surface area contributed by atoms with Crippen molar-refractivity contribution in [2.24, 2.45) is 11.8 Å². The molecule has 4 rings (SSSR count). The van der Waals surface area contributed by atoms with Gasteiger partial charge in [0.25, 0.3) is 17.7 Å². The van der Waals surface area contributed by atoms with E-state index >= 15 is 0 Å². The van der Waals surface area contributed by atoms with Crippen molar-refractivity contribution >= 4 is 23.4 Å². The molecule has 2 fully saturated rings. The molecule has 3 amide bonds. The molecule has 1 aromatic carbocycles. The highest BCUT2D eigenvalue weighted by Gasteiger charge is 2.36. The number of hydrogen-bond donors (Lipinski definition) is 0. The maximum Gasteiger partial charge on any atom is 0.281 e. The smallest absolute Gasteiger partial charge is 0.281 e. The summed E-state index contributed by atoms with van der Waals surface area (Å²) in [5.74, 6) is 0.683. The van der Waals surface area contributed by atoms with Gasteiger partial charge in [-0.1, -0.05) is 20.8 Å². The van der Waals surface area contributed by atoms with Gasteiger partial charge in [-0.2, -0.15) is 0 Å². The van der Waals surface area contributed by atoms with Crippen molar-refractivity contribution in [2.75, 3.05) is 50.7 Å². The number of amides is 3. The molecule has 32 heavy (non-hydrogen) atoms. The van der Waals surface area contributed by atoms with Crippen LogP contribution in [0.25, 0.3) is 0 Å². The Morgan fingerprint density at radius 3 is 2.19 bits per heavy atom. The quantitative estimate of drug-likeness (QED) is 0.662. The lowest BCUT2D eigenvalue weighted by molar-refractivity contribution is -0.121. The largest absolute Gasteiger partial charge is 0.367 e. The summed E-state index contributed by atoms with van der Waals surface area (Å²) < 4.78 is 0. The van der Waals surface area contributed by atoms with E-state index in [9.17, 15) is 14.4 Å². The van der Waals surface area contributed by atoms with Gasteiger partial charge in [0.15, 0.2) is 0 Å². The number of imide groups is 1. The highest BCUT2D eigenvalue weighted by molar-refractivity contribution is 6.30. The first-order valence-electron chi connectivity index (χ1n) is 11.8. The summed E-state index contributed by atoms with van der Waals surface area (Å²) in [5.41, 5.74) is 1.58. The number of carbonyl (C=O) groups excluding carboxylic acids is 3. The second-order valence-corrected chi connectivity index (χ2v) is 9.71. The van der Waals surface area contributed by atoms with Crippen LogP contribution >= 0.6 is 0 Å². The molecule has 1 aromatic rings. The van der Waals surface area contributed by atoms with Gasteiger partial charge in [-0.3, -0.25) is 19.3 Å². The highest BCUT2D eigenvalue weighted by Crippen LogP contribution is 2.28. The first kappa shape index (κ1) is 22.5. The van der Waals surface area contributed by atoms with E-state index in [0.29, 0.717) is 28.8 Å². The Labute approximate surface area is 190 Å². The average molecular weight is 439 g/mol. The minimum absolute atomic E-state index is 0.000993. The lowest BCUT2D eigenvalue weighted by Crippen LogP contribution is -2.49. The minimum Gasteiger partial charge on any atom is -0.367 e. The Morgan fingerprint density at radius 1 is 0.969 bits per heavy atom. The van der Waals surface area contributed by atoms with Crippen molar-refractivity contribution in [3.8, 4) is 0 Å². The number of carbonyl (C=O) groups is 3. The molecule has 0 bridgehead atoms. The zero-order valence-electron chi connectivity index (χ0n) is 19.4. The predicted octanol–water partition coefficient (Wildman–Crippen LogP) is 2.59. The summed E-state index contributed by atoms with van der Waals surface area (Å²) >= 11 is 0. The zero-order chi connectivity index (χ0) is 22.8. The van der Waals surface area contributed by atoms with Gasteiger partial charge in [0.05, 0.1) is 5.69 Å². The second kappa shape index (κ2) is 9.45. The average Bonchev–Trinajstić information content (AvgIpc) is 3.08. The Kier molecular flexibility index (Phi) is 6.65.